The van der Waals surface area contributed by atoms with Crippen LogP contribution in [-0.2, 0) is 0 Å². The van der Waals surface area contributed by atoms with Crippen molar-refractivity contribution in [2.75, 3.05) is 0 Å². The minimum Gasteiger partial charge on any atom is -0.450 e. The summed E-state index contributed by atoms with van der Waals surface area (Å²) in [6.07, 6.45) is 0. The molecule has 2 aromatic rings. The molecule has 0 bridgehead atoms. The highest BCUT2D eigenvalue weighted by Gasteiger charge is 2.12. The zero-order valence-electron chi connectivity index (χ0n) is 8.94. The monoisotopic (exact) mass is 218 g/mol. The van der Waals surface area contributed by atoms with E-state index in [4.69, 9.17) is 8.83 Å². The van der Waals surface area contributed by atoms with Gasteiger partial charge in [-0.05, 0) is 24.3 Å². The van der Waals surface area contributed by atoms with E-state index in [1.165, 1.54) is 13.8 Å². The summed E-state index contributed by atoms with van der Waals surface area (Å²) in [5.74, 6) is 1.14. The van der Waals surface area contributed by atoms with Crippen molar-refractivity contribution in [3.8, 4) is 11.5 Å². The summed E-state index contributed by atoms with van der Waals surface area (Å²) in [4.78, 5) is 22.0. The van der Waals surface area contributed by atoms with Crippen molar-refractivity contribution < 1.29 is 18.4 Å². The average molecular weight is 218 g/mol. The van der Waals surface area contributed by atoms with Gasteiger partial charge < -0.3 is 8.83 Å². The van der Waals surface area contributed by atoms with Crippen LogP contribution in [0, 0.1) is 0 Å². The third kappa shape index (κ3) is 1.82. The Hall–Kier alpha value is -2.10. The molecule has 0 saturated heterocycles. The molecule has 0 aromatic carbocycles. The van der Waals surface area contributed by atoms with E-state index in [1.54, 1.807) is 24.3 Å². The Morgan fingerprint density at radius 2 is 1.19 bits per heavy atom. The van der Waals surface area contributed by atoms with E-state index >= 15 is 0 Å². The van der Waals surface area contributed by atoms with Gasteiger partial charge in [0.1, 0.15) is 0 Å². The van der Waals surface area contributed by atoms with E-state index in [1.807, 2.05) is 0 Å². The topological polar surface area (TPSA) is 60.4 Å². The molecule has 4 nitrogen and oxygen atoms in total. The summed E-state index contributed by atoms with van der Waals surface area (Å²) in [5, 5.41) is 0. The lowest BCUT2D eigenvalue weighted by atomic mass is 10.3. The normalized spacial score (nSPS) is 10.4. The molecule has 0 radical (unpaired) electrons. The second-order valence-corrected chi connectivity index (χ2v) is 3.44. The lowest BCUT2D eigenvalue weighted by Crippen LogP contribution is -1.86. The Morgan fingerprint density at radius 1 is 0.812 bits per heavy atom. The van der Waals surface area contributed by atoms with Crippen LogP contribution in [0.1, 0.15) is 35.0 Å². The number of hydrogen-bond acceptors (Lipinski definition) is 4. The second-order valence-electron chi connectivity index (χ2n) is 3.44. The summed E-state index contributed by atoms with van der Waals surface area (Å²) in [6, 6.07) is 6.43. The lowest BCUT2D eigenvalue weighted by Gasteiger charge is -1.90. The third-order valence-corrected chi connectivity index (χ3v) is 2.15. The fourth-order valence-corrected chi connectivity index (χ4v) is 1.32. The van der Waals surface area contributed by atoms with Gasteiger partial charge in [-0.3, -0.25) is 9.59 Å². The van der Waals surface area contributed by atoms with Gasteiger partial charge in [-0.15, -0.1) is 0 Å². The maximum absolute atomic E-state index is 11.0. The fraction of sp³-hybridized carbons (Fsp3) is 0.167. The van der Waals surface area contributed by atoms with Crippen LogP contribution in [0.3, 0.4) is 0 Å². The summed E-state index contributed by atoms with van der Waals surface area (Å²) in [5.41, 5.74) is 0. The number of furan rings is 2. The summed E-state index contributed by atoms with van der Waals surface area (Å²) >= 11 is 0. The number of ketones is 2. The molecule has 0 fully saturated rings. The molecule has 82 valence electrons. The summed E-state index contributed by atoms with van der Waals surface area (Å²) < 4.78 is 10.5. The van der Waals surface area contributed by atoms with Crippen molar-refractivity contribution in [2.45, 2.75) is 13.8 Å². The zero-order valence-corrected chi connectivity index (χ0v) is 8.94. The first kappa shape index (κ1) is 10.4. The Morgan fingerprint density at radius 3 is 1.44 bits per heavy atom. The van der Waals surface area contributed by atoms with Gasteiger partial charge >= 0.3 is 0 Å². The number of hydrogen-bond donors (Lipinski definition) is 0. The van der Waals surface area contributed by atoms with E-state index in [0.29, 0.717) is 11.5 Å². The fourth-order valence-electron chi connectivity index (χ4n) is 1.32. The third-order valence-electron chi connectivity index (χ3n) is 2.15. The molecule has 0 aliphatic heterocycles. The smallest absolute Gasteiger partial charge is 0.194 e. The number of carbonyl (C=O) groups excluding carboxylic acids is 2. The van der Waals surface area contributed by atoms with Crippen LogP contribution in [0.2, 0.25) is 0 Å². The molecule has 0 saturated carbocycles. The second kappa shape index (κ2) is 3.81. The molecular formula is C12H10O4. The molecular weight excluding hydrogens is 208 g/mol. The minimum absolute atomic E-state index is 0.149. The largest absolute Gasteiger partial charge is 0.450 e. The predicted molar refractivity (Wildman–Crippen MR) is 56.4 cm³/mol. The van der Waals surface area contributed by atoms with Crippen LogP contribution in [0.25, 0.3) is 11.5 Å². The number of Topliss-reactive ketones (excluding diaryl/α,β-unsaturated/α-hetero) is 2. The summed E-state index contributed by atoms with van der Waals surface area (Å²) in [6.45, 7) is 2.84. The van der Waals surface area contributed by atoms with Gasteiger partial charge in [0, 0.05) is 13.8 Å². The van der Waals surface area contributed by atoms with Crippen molar-refractivity contribution in [1.82, 2.24) is 0 Å². The van der Waals surface area contributed by atoms with Gasteiger partial charge in [-0.1, -0.05) is 0 Å². The number of rotatable bonds is 3. The summed E-state index contributed by atoms with van der Waals surface area (Å²) in [7, 11) is 0. The average Bonchev–Trinajstić information content (AvgIpc) is 2.86. The quantitative estimate of drug-likeness (QED) is 0.743. The van der Waals surface area contributed by atoms with Crippen LogP contribution in [0.5, 0.6) is 0 Å². The highest BCUT2D eigenvalue weighted by Crippen LogP contribution is 2.24. The van der Waals surface area contributed by atoms with Crippen molar-refractivity contribution in [1.29, 1.82) is 0 Å². The molecule has 0 aliphatic rings. The van der Waals surface area contributed by atoms with Crippen LogP contribution in [-0.4, -0.2) is 11.6 Å². The van der Waals surface area contributed by atoms with E-state index in [-0.39, 0.29) is 23.1 Å². The molecule has 0 amide bonds. The molecule has 16 heavy (non-hydrogen) atoms. The molecule has 2 aromatic heterocycles. The van der Waals surface area contributed by atoms with Gasteiger partial charge in [-0.25, -0.2) is 0 Å². The molecule has 2 rings (SSSR count). The first-order chi connectivity index (χ1) is 7.58. The molecule has 0 spiro atoms. The Bertz CT molecular complexity index is 495. The van der Waals surface area contributed by atoms with E-state index in [2.05, 4.69) is 0 Å². The van der Waals surface area contributed by atoms with Gasteiger partial charge in [-0.2, -0.15) is 0 Å². The highest BCUT2D eigenvalue weighted by molar-refractivity contribution is 5.92. The van der Waals surface area contributed by atoms with Crippen molar-refractivity contribution in [3.63, 3.8) is 0 Å². The van der Waals surface area contributed by atoms with Gasteiger partial charge in [0.2, 0.25) is 0 Å². The van der Waals surface area contributed by atoms with Crippen LogP contribution in [0.4, 0.5) is 0 Å². The predicted octanol–water partition coefficient (Wildman–Crippen LogP) is 2.94. The van der Waals surface area contributed by atoms with Crippen molar-refractivity contribution >= 4 is 11.6 Å². The maximum atomic E-state index is 11.0. The maximum Gasteiger partial charge on any atom is 0.194 e. The Labute approximate surface area is 91.9 Å². The lowest BCUT2D eigenvalue weighted by molar-refractivity contribution is 0.0977. The van der Waals surface area contributed by atoms with E-state index in [9.17, 15) is 9.59 Å². The molecule has 0 atom stereocenters. The minimum atomic E-state index is -0.149. The molecule has 0 aliphatic carbocycles. The standard InChI is InChI=1S/C12H10O4/c1-7(13)9-3-5-11(15-9)12-6-4-10(16-12)8(2)14/h3-6H,1-2H3. The highest BCUT2D eigenvalue weighted by atomic mass is 16.4. The molecule has 0 unspecified atom stereocenters. The first-order valence-corrected chi connectivity index (χ1v) is 4.80. The van der Waals surface area contributed by atoms with Crippen LogP contribution in [0.15, 0.2) is 33.1 Å². The number of carbonyl (C=O) groups is 2. The van der Waals surface area contributed by atoms with Crippen LogP contribution >= 0.6 is 0 Å². The molecule has 4 heteroatoms. The Balaban J connectivity index is 2.35. The first-order valence-electron chi connectivity index (χ1n) is 4.80. The molecule has 0 N–H and O–H groups in total. The van der Waals surface area contributed by atoms with Crippen molar-refractivity contribution in [3.05, 3.63) is 35.8 Å². The molecule has 2 heterocycles. The van der Waals surface area contributed by atoms with E-state index < -0.39 is 0 Å². The van der Waals surface area contributed by atoms with Crippen LogP contribution < -0.4 is 0 Å². The SMILES string of the molecule is CC(=O)c1ccc(-c2ccc(C(C)=O)o2)o1. The van der Waals surface area contributed by atoms with Crippen molar-refractivity contribution in [2.24, 2.45) is 0 Å². The van der Waals surface area contributed by atoms with E-state index in [0.717, 1.165) is 0 Å². The van der Waals surface area contributed by atoms with Gasteiger partial charge in [0.15, 0.2) is 34.6 Å². The van der Waals surface area contributed by atoms with Gasteiger partial charge in [0.05, 0.1) is 0 Å². The van der Waals surface area contributed by atoms with Gasteiger partial charge in [0.25, 0.3) is 0 Å². The Kier molecular flexibility index (Phi) is 2.48. The zero-order chi connectivity index (χ0) is 11.7.